The van der Waals surface area contributed by atoms with Gasteiger partial charge in [-0.1, -0.05) is 0 Å². The van der Waals surface area contributed by atoms with Gasteiger partial charge in [0.25, 0.3) is 0 Å². The molecule has 8 heteroatoms. The number of piperidine rings is 3. The van der Waals surface area contributed by atoms with Crippen LogP contribution < -0.4 is 5.32 Å². The van der Waals surface area contributed by atoms with E-state index in [4.69, 9.17) is 14.1 Å². The second-order valence-corrected chi connectivity index (χ2v) is 9.10. The number of amides is 1. The monoisotopic (exact) mass is 460 g/mol. The first kappa shape index (κ1) is 22.3. The number of carbonyl (C=O) groups is 2. The fourth-order valence-corrected chi connectivity index (χ4v) is 5.09. The van der Waals surface area contributed by atoms with Crippen molar-refractivity contribution in [3.63, 3.8) is 0 Å². The Hall–Kier alpha value is -3.52. The van der Waals surface area contributed by atoms with Crippen molar-refractivity contribution >= 4 is 17.6 Å². The number of hydrogen-bond acceptors (Lipinski definition) is 7. The lowest BCUT2D eigenvalue weighted by Crippen LogP contribution is -2.54. The molecule has 6 rings (SSSR count). The number of fused-ring (bicyclic) bond motifs is 3. The molecule has 8 nitrogen and oxygen atoms in total. The zero-order valence-electron chi connectivity index (χ0n) is 19.4. The Bertz CT molecular complexity index is 1180. The first-order chi connectivity index (χ1) is 16.5. The van der Waals surface area contributed by atoms with Gasteiger partial charge in [-0.05, 0) is 81.6 Å². The van der Waals surface area contributed by atoms with E-state index in [0.29, 0.717) is 29.7 Å². The number of aryl methyl sites for hydroxylation is 1. The number of carbonyl (C=O) groups excluding carboxylic acids is 2. The van der Waals surface area contributed by atoms with Crippen molar-refractivity contribution in [3.05, 3.63) is 65.8 Å². The van der Waals surface area contributed by atoms with Gasteiger partial charge >= 0.3 is 6.09 Å². The highest BCUT2D eigenvalue weighted by atomic mass is 16.5. The van der Waals surface area contributed by atoms with E-state index in [9.17, 15) is 9.59 Å². The third-order valence-corrected chi connectivity index (χ3v) is 6.83. The normalized spacial score (nSPS) is 23.5. The van der Waals surface area contributed by atoms with Gasteiger partial charge in [0.1, 0.15) is 18.1 Å². The maximum atomic E-state index is 12.3. The molecule has 3 fully saturated rings. The van der Waals surface area contributed by atoms with E-state index in [1.54, 1.807) is 30.5 Å². The lowest BCUT2D eigenvalue weighted by molar-refractivity contribution is -0.00151. The Morgan fingerprint density at radius 1 is 1.21 bits per heavy atom. The van der Waals surface area contributed by atoms with Crippen LogP contribution in [0.4, 0.5) is 10.5 Å². The number of rotatable bonds is 6. The summed E-state index contributed by atoms with van der Waals surface area (Å²) in [6.45, 7) is 5.67. The van der Waals surface area contributed by atoms with Gasteiger partial charge in [-0.3, -0.25) is 15.0 Å². The van der Waals surface area contributed by atoms with E-state index in [1.807, 2.05) is 19.1 Å². The van der Waals surface area contributed by atoms with E-state index in [-0.39, 0.29) is 11.8 Å². The highest BCUT2D eigenvalue weighted by Gasteiger charge is 2.42. The Balaban J connectivity index is 1.19. The standard InChI is InChI=1S/C26H28N4O4/c1-16(31)18-5-7-20(8-6-18)29-26(32)34-15-21-12-19-9-10-30(21)14-22(19)23-13-24(28-17(2)27-23)25-4-3-11-33-25/h3-8,11,13,19,21-22H,9-10,12,14-15H2,1-2H3,(H,29,32). The van der Waals surface area contributed by atoms with Crippen molar-refractivity contribution in [1.29, 1.82) is 0 Å². The molecule has 3 aliphatic rings. The molecule has 0 radical (unpaired) electrons. The highest BCUT2D eigenvalue weighted by Crippen LogP contribution is 2.42. The van der Waals surface area contributed by atoms with Gasteiger partial charge in [0.05, 0.1) is 6.26 Å². The molecular formula is C26H28N4O4. The zero-order chi connectivity index (χ0) is 23.7. The van der Waals surface area contributed by atoms with Crippen molar-refractivity contribution < 1.29 is 18.7 Å². The van der Waals surface area contributed by atoms with Crippen LogP contribution in [0.1, 0.15) is 47.6 Å². The zero-order valence-corrected chi connectivity index (χ0v) is 19.4. The molecule has 4 atom stereocenters. The summed E-state index contributed by atoms with van der Waals surface area (Å²) in [4.78, 5) is 35.4. The van der Waals surface area contributed by atoms with Crippen LogP contribution in [0, 0.1) is 12.8 Å². The van der Waals surface area contributed by atoms with Crippen LogP contribution in [0.5, 0.6) is 0 Å². The molecule has 3 aromatic rings. The number of nitrogens with one attached hydrogen (secondary N) is 1. The van der Waals surface area contributed by atoms with Gasteiger partial charge in [-0.25, -0.2) is 14.8 Å². The number of nitrogens with zero attached hydrogens (tertiary/aromatic N) is 3. The summed E-state index contributed by atoms with van der Waals surface area (Å²) in [5, 5.41) is 2.74. The summed E-state index contributed by atoms with van der Waals surface area (Å²) in [6.07, 6.45) is 3.24. The topological polar surface area (TPSA) is 97.6 Å². The molecule has 1 amide bonds. The molecule has 176 valence electrons. The van der Waals surface area contributed by atoms with Gasteiger partial charge in [0.15, 0.2) is 11.5 Å². The van der Waals surface area contributed by atoms with Crippen LogP contribution in [0.2, 0.25) is 0 Å². The molecule has 5 heterocycles. The summed E-state index contributed by atoms with van der Waals surface area (Å²) >= 11 is 0. The predicted molar refractivity (Wildman–Crippen MR) is 127 cm³/mol. The number of furan rings is 1. The third kappa shape index (κ3) is 4.72. The SMILES string of the molecule is CC(=O)c1ccc(NC(=O)OCC2CC3CCN2CC3c2cc(-c3ccco3)nc(C)n2)cc1. The second kappa shape index (κ2) is 9.38. The molecular weight excluding hydrogens is 432 g/mol. The van der Waals surface area contributed by atoms with Crippen LogP contribution in [-0.4, -0.2) is 52.5 Å². The molecule has 0 aliphatic carbocycles. The number of aromatic nitrogens is 2. The molecule has 0 spiro atoms. The number of ketones is 1. The van der Waals surface area contributed by atoms with Crippen molar-refractivity contribution in [2.45, 2.75) is 38.6 Å². The maximum absolute atomic E-state index is 12.3. The van der Waals surface area contributed by atoms with Crippen LogP contribution >= 0.6 is 0 Å². The van der Waals surface area contributed by atoms with Crippen LogP contribution in [0.15, 0.2) is 53.1 Å². The van der Waals surface area contributed by atoms with Crippen molar-refractivity contribution in [2.24, 2.45) is 5.92 Å². The van der Waals surface area contributed by atoms with Crippen LogP contribution in [0.25, 0.3) is 11.5 Å². The average Bonchev–Trinajstić information content (AvgIpc) is 3.38. The smallest absolute Gasteiger partial charge is 0.411 e. The number of benzene rings is 1. The number of hydrogen-bond donors (Lipinski definition) is 1. The van der Waals surface area contributed by atoms with Crippen LogP contribution in [-0.2, 0) is 4.74 Å². The summed E-state index contributed by atoms with van der Waals surface area (Å²) in [6, 6.07) is 12.8. The Labute approximate surface area is 198 Å². The maximum Gasteiger partial charge on any atom is 0.411 e. The minimum atomic E-state index is -0.482. The minimum Gasteiger partial charge on any atom is -0.463 e. The van der Waals surface area contributed by atoms with E-state index in [1.165, 1.54) is 6.92 Å². The minimum absolute atomic E-state index is 0.0110. The molecule has 0 saturated carbocycles. The quantitative estimate of drug-likeness (QED) is 0.534. The molecule has 3 aliphatic heterocycles. The lowest BCUT2D eigenvalue weighted by atomic mass is 9.74. The first-order valence-electron chi connectivity index (χ1n) is 11.6. The Kier molecular flexibility index (Phi) is 6.15. The number of anilines is 1. The van der Waals surface area contributed by atoms with Crippen LogP contribution in [0.3, 0.4) is 0 Å². The largest absolute Gasteiger partial charge is 0.463 e. The number of Topliss-reactive ketones (excluding diaryl/α,β-unsaturated/α-hetero) is 1. The lowest BCUT2D eigenvalue weighted by Gasteiger charge is -2.49. The first-order valence-corrected chi connectivity index (χ1v) is 11.6. The van der Waals surface area contributed by atoms with Gasteiger partial charge in [0, 0.05) is 35.4 Å². The molecule has 3 saturated heterocycles. The fourth-order valence-electron chi connectivity index (χ4n) is 5.09. The van der Waals surface area contributed by atoms with Gasteiger partial charge < -0.3 is 9.15 Å². The van der Waals surface area contributed by atoms with E-state index >= 15 is 0 Å². The molecule has 1 aromatic carbocycles. The molecule has 2 bridgehead atoms. The molecule has 2 aromatic heterocycles. The molecule has 34 heavy (non-hydrogen) atoms. The Morgan fingerprint density at radius 3 is 2.71 bits per heavy atom. The summed E-state index contributed by atoms with van der Waals surface area (Å²) in [5.41, 5.74) is 3.08. The predicted octanol–water partition coefficient (Wildman–Crippen LogP) is 4.67. The van der Waals surface area contributed by atoms with Gasteiger partial charge in [0.2, 0.25) is 0 Å². The second-order valence-electron chi connectivity index (χ2n) is 9.10. The van der Waals surface area contributed by atoms with E-state index < -0.39 is 6.09 Å². The van der Waals surface area contributed by atoms with E-state index in [2.05, 4.69) is 21.3 Å². The number of ether oxygens (including phenoxy) is 1. The fraction of sp³-hybridized carbons (Fsp3) is 0.385. The molecule has 1 N–H and O–H groups in total. The molecule has 4 unspecified atom stereocenters. The van der Waals surface area contributed by atoms with Gasteiger partial charge in [-0.2, -0.15) is 0 Å². The van der Waals surface area contributed by atoms with Crippen molar-refractivity contribution in [1.82, 2.24) is 14.9 Å². The van der Waals surface area contributed by atoms with Gasteiger partial charge in [-0.15, -0.1) is 0 Å². The Morgan fingerprint density at radius 2 is 2.03 bits per heavy atom. The average molecular weight is 461 g/mol. The van der Waals surface area contributed by atoms with Crippen molar-refractivity contribution in [2.75, 3.05) is 25.0 Å². The van der Waals surface area contributed by atoms with E-state index in [0.717, 1.165) is 48.9 Å². The van der Waals surface area contributed by atoms with Crippen molar-refractivity contribution in [3.8, 4) is 11.5 Å². The highest BCUT2D eigenvalue weighted by molar-refractivity contribution is 5.94. The summed E-state index contributed by atoms with van der Waals surface area (Å²) in [7, 11) is 0. The summed E-state index contributed by atoms with van der Waals surface area (Å²) in [5.74, 6) is 2.30. The summed E-state index contributed by atoms with van der Waals surface area (Å²) < 4.78 is 11.1. The third-order valence-electron chi connectivity index (χ3n) is 6.83.